The van der Waals surface area contributed by atoms with E-state index in [9.17, 15) is 9.59 Å². The van der Waals surface area contributed by atoms with Gasteiger partial charge in [0.25, 0.3) is 0 Å². The molecule has 1 aliphatic heterocycles. The normalized spacial score (nSPS) is 14.5. The average molecular weight is 384 g/mol. The zero-order valence-corrected chi connectivity index (χ0v) is 14.4. The van der Waals surface area contributed by atoms with Crippen molar-refractivity contribution in [3.8, 4) is 0 Å². The van der Waals surface area contributed by atoms with Crippen LogP contribution in [0.2, 0.25) is 0 Å². The Morgan fingerprint density at radius 2 is 2.00 bits per heavy atom. The van der Waals surface area contributed by atoms with E-state index in [0.717, 1.165) is 22.0 Å². The average Bonchev–Trinajstić information content (AvgIpc) is 3.20. The molecule has 0 saturated carbocycles. The van der Waals surface area contributed by atoms with Crippen LogP contribution in [-0.2, 0) is 4.79 Å². The first kappa shape index (κ1) is 15.1. The number of carbonyl (C=O) groups is 2. The molecule has 0 unspecified atom stereocenters. The van der Waals surface area contributed by atoms with Gasteiger partial charge in [-0.15, -0.1) is 0 Å². The summed E-state index contributed by atoms with van der Waals surface area (Å²) in [6, 6.07) is 14.5. The van der Waals surface area contributed by atoms with Crippen molar-refractivity contribution in [2.24, 2.45) is 0 Å². The first-order chi connectivity index (χ1) is 11.6. The van der Waals surface area contributed by atoms with E-state index in [-0.39, 0.29) is 11.7 Å². The number of hydrogen-bond acceptors (Lipinski definition) is 3. The van der Waals surface area contributed by atoms with Crippen LogP contribution in [0.4, 0.5) is 5.69 Å². The fraction of sp³-hybridized carbons (Fsp3) is 0.158. The maximum Gasteiger partial charge on any atom is 0.228 e. The SMILES string of the molecule is O=C(c1cccc(N2CCCC2=O)c1)c1cc2cc(Br)ccc2o1. The summed E-state index contributed by atoms with van der Waals surface area (Å²) < 4.78 is 6.61. The highest BCUT2D eigenvalue weighted by atomic mass is 79.9. The number of amides is 1. The molecule has 3 aromatic rings. The molecule has 1 aliphatic rings. The summed E-state index contributed by atoms with van der Waals surface area (Å²) in [6.07, 6.45) is 1.42. The molecule has 0 atom stereocenters. The van der Waals surface area contributed by atoms with Crippen molar-refractivity contribution in [2.45, 2.75) is 12.8 Å². The van der Waals surface area contributed by atoms with Crippen molar-refractivity contribution < 1.29 is 14.0 Å². The molecule has 1 fully saturated rings. The standard InChI is InChI=1S/C19H14BrNO3/c20-14-6-7-16-13(9-14)11-17(24-16)19(23)12-3-1-4-15(10-12)21-8-2-5-18(21)22/h1,3-4,6-7,9-11H,2,5,8H2. The first-order valence-electron chi connectivity index (χ1n) is 7.76. The number of nitrogens with zero attached hydrogens (tertiary/aromatic N) is 1. The summed E-state index contributed by atoms with van der Waals surface area (Å²) in [6.45, 7) is 0.704. The summed E-state index contributed by atoms with van der Waals surface area (Å²) in [7, 11) is 0. The lowest BCUT2D eigenvalue weighted by molar-refractivity contribution is -0.117. The summed E-state index contributed by atoms with van der Waals surface area (Å²) in [5.41, 5.74) is 1.96. The van der Waals surface area contributed by atoms with Gasteiger partial charge in [-0.3, -0.25) is 9.59 Å². The predicted octanol–water partition coefficient (Wildman–Crippen LogP) is 4.55. The number of furan rings is 1. The lowest BCUT2D eigenvalue weighted by Gasteiger charge is -2.16. The number of rotatable bonds is 3. The van der Waals surface area contributed by atoms with Crippen LogP contribution in [0.25, 0.3) is 11.0 Å². The molecule has 0 aliphatic carbocycles. The quantitative estimate of drug-likeness (QED) is 0.623. The van der Waals surface area contributed by atoms with Gasteiger partial charge in [0.05, 0.1) is 0 Å². The van der Waals surface area contributed by atoms with Crippen molar-refractivity contribution in [1.29, 1.82) is 0 Å². The van der Waals surface area contributed by atoms with Crippen molar-refractivity contribution in [1.82, 2.24) is 0 Å². The van der Waals surface area contributed by atoms with Crippen LogP contribution in [0.1, 0.15) is 29.0 Å². The van der Waals surface area contributed by atoms with E-state index in [1.54, 1.807) is 29.2 Å². The van der Waals surface area contributed by atoms with E-state index in [4.69, 9.17) is 4.42 Å². The lowest BCUT2D eigenvalue weighted by Crippen LogP contribution is -2.23. The Bertz CT molecular complexity index is 960. The maximum absolute atomic E-state index is 12.7. The lowest BCUT2D eigenvalue weighted by atomic mass is 10.1. The van der Waals surface area contributed by atoms with Crippen LogP contribution in [0.3, 0.4) is 0 Å². The van der Waals surface area contributed by atoms with Gasteiger partial charge in [0.15, 0.2) is 5.76 Å². The van der Waals surface area contributed by atoms with Gasteiger partial charge in [-0.1, -0.05) is 28.1 Å². The minimum atomic E-state index is -0.184. The van der Waals surface area contributed by atoms with Crippen LogP contribution >= 0.6 is 15.9 Å². The maximum atomic E-state index is 12.7. The highest BCUT2D eigenvalue weighted by molar-refractivity contribution is 9.10. The third-order valence-corrected chi connectivity index (χ3v) is 4.69. The Morgan fingerprint density at radius 3 is 2.79 bits per heavy atom. The number of benzene rings is 2. The first-order valence-corrected chi connectivity index (χ1v) is 8.55. The van der Waals surface area contributed by atoms with Crippen LogP contribution < -0.4 is 4.90 Å². The van der Waals surface area contributed by atoms with E-state index >= 15 is 0 Å². The number of ketones is 1. The molecule has 5 heteroatoms. The molecule has 0 spiro atoms. The van der Waals surface area contributed by atoms with E-state index in [2.05, 4.69) is 15.9 Å². The van der Waals surface area contributed by atoms with Crippen molar-refractivity contribution in [3.05, 3.63) is 64.3 Å². The molecule has 2 heterocycles. The third kappa shape index (κ3) is 2.65. The minimum absolute atomic E-state index is 0.105. The molecule has 1 amide bonds. The van der Waals surface area contributed by atoms with E-state index in [0.29, 0.717) is 29.9 Å². The number of anilines is 1. The molecule has 1 saturated heterocycles. The minimum Gasteiger partial charge on any atom is -0.453 e. The van der Waals surface area contributed by atoms with Gasteiger partial charge >= 0.3 is 0 Å². The second-order valence-corrected chi connectivity index (χ2v) is 6.74. The molecule has 120 valence electrons. The number of halogens is 1. The smallest absolute Gasteiger partial charge is 0.228 e. The van der Waals surface area contributed by atoms with E-state index in [1.165, 1.54) is 0 Å². The fourth-order valence-corrected chi connectivity index (χ4v) is 3.38. The Kier molecular flexibility index (Phi) is 3.73. The van der Waals surface area contributed by atoms with Crippen LogP contribution in [0.5, 0.6) is 0 Å². The molecular weight excluding hydrogens is 370 g/mol. The van der Waals surface area contributed by atoms with Gasteiger partial charge in [0.1, 0.15) is 5.58 Å². The number of hydrogen-bond donors (Lipinski definition) is 0. The Hall–Kier alpha value is -2.40. The van der Waals surface area contributed by atoms with E-state index < -0.39 is 0 Å². The topological polar surface area (TPSA) is 50.5 Å². The number of carbonyl (C=O) groups excluding carboxylic acids is 2. The molecule has 2 aromatic carbocycles. The fourth-order valence-electron chi connectivity index (χ4n) is 3.00. The second-order valence-electron chi connectivity index (χ2n) is 5.82. The largest absolute Gasteiger partial charge is 0.453 e. The highest BCUT2D eigenvalue weighted by Crippen LogP contribution is 2.27. The molecule has 4 rings (SSSR count). The van der Waals surface area contributed by atoms with Gasteiger partial charge in [-0.05, 0) is 42.8 Å². The van der Waals surface area contributed by atoms with Crippen LogP contribution in [0.15, 0.2) is 57.4 Å². The van der Waals surface area contributed by atoms with Crippen molar-refractivity contribution >= 4 is 44.3 Å². The van der Waals surface area contributed by atoms with Crippen molar-refractivity contribution in [3.63, 3.8) is 0 Å². The predicted molar refractivity (Wildman–Crippen MR) is 95.4 cm³/mol. The Balaban J connectivity index is 1.69. The highest BCUT2D eigenvalue weighted by Gasteiger charge is 2.23. The van der Waals surface area contributed by atoms with Gasteiger partial charge in [0, 0.05) is 34.1 Å². The second kappa shape index (κ2) is 5.91. The van der Waals surface area contributed by atoms with Gasteiger partial charge in [-0.2, -0.15) is 0 Å². The summed E-state index contributed by atoms with van der Waals surface area (Å²) >= 11 is 3.41. The molecule has 1 aromatic heterocycles. The molecular formula is C19H14BrNO3. The number of fused-ring (bicyclic) bond motifs is 1. The van der Waals surface area contributed by atoms with Crippen molar-refractivity contribution in [2.75, 3.05) is 11.4 Å². The molecule has 0 N–H and O–H groups in total. The van der Waals surface area contributed by atoms with Crippen LogP contribution in [0, 0.1) is 0 Å². The van der Waals surface area contributed by atoms with Gasteiger partial charge in [0.2, 0.25) is 11.7 Å². The monoisotopic (exact) mass is 383 g/mol. The summed E-state index contributed by atoms with van der Waals surface area (Å²) in [5, 5.41) is 0.874. The Morgan fingerprint density at radius 1 is 1.12 bits per heavy atom. The molecule has 4 nitrogen and oxygen atoms in total. The zero-order chi connectivity index (χ0) is 16.7. The molecule has 0 radical (unpaired) electrons. The Labute approximate surface area is 147 Å². The van der Waals surface area contributed by atoms with Gasteiger partial charge in [-0.25, -0.2) is 0 Å². The molecule has 0 bridgehead atoms. The summed E-state index contributed by atoms with van der Waals surface area (Å²) in [4.78, 5) is 26.4. The molecule has 24 heavy (non-hydrogen) atoms. The zero-order valence-electron chi connectivity index (χ0n) is 12.8. The van der Waals surface area contributed by atoms with Gasteiger partial charge < -0.3 is 9.32 Å². The van der Waals surface area contributed by atoms with E-state index in [1.807, 2.05) is 24.3 Å². The summed E-state index contributed by atoms with van der Waals surface area (Å²) in [5.74, 6) is 0.219. The van der Waals surface area contributed by atoms with Crippen LogP contribution in [-0.4, -0.2) is 18.2 Å². The third-order valence-electron chi connectivity index (χ3n) is 4.20.